The molecule has 1 saturated heterocycles. The summed E-state index contributed by atoms with van der Waals surface area (Å²) in [5, 5.41) is 0.555. The third-order valence-electron chi connectivity index (χ3n) is 3.17. The normalized spacial score (nSPS) is 16.9. The molecule has 1 aromatic heterocycles. The molecule has 6 nitrogen and oxygen atoms in total. The smallest absolute Gasteiger partial charge is 0.239 e. The molecule has 1 aliphatic rings. The highest BCUT2D eigenvalue weighted by Gasteiger charge is 2.22. The molecule has 0 bridgehead atoms. The highest BCUT2D eigenvalue weighted by Crippen LogP contribution is 2.28. The van der Waals surface area contributed by atoms with Gasteiger partial charge in [-0.1, -0.05) is 11.6 Å². The average molecular weight is 272 g/mol. The standard InChI is InChI=1S/C11H18ClN5O/c1-18-7-8-2-4-17(5-3-8)10-9(12)6-14-11(15-10)16-13/h6,8H,2-5,7,13H2,1H3,(H,14,15,16). The molecule has 0 atom stereocenters. The van der Waals surface area contributed by atoms with Gasteiger partial charge in [-0.25, -0.2) is 10.8 Å². The van der Waals surface area contributed by atoms with Crippen LogP contribution in [-0.4, -0.2) is 36.8 Å². The summed E-state index contributed by atoms with van der Waals surface area (Å²) < 4.78 is 5.19. The van der Waals surface area contributed by atoms with Crippen molar-refractivity contribution in [2.75, 3.05) is 37.1 Å². The van der Waals surface area contributed by atoms with E-state index in [4.69, 9.17) is 22.2 Å². The summed E-state index contributed by atoms with van der Waals surface area (Å²) in [6.07, 6.45) is 3.74. The van der Waals surface area contributed by atoms with Crippen molar-refractivity contribution in [3.05, 3.63) is 11.2 Å². The molecule has 0 aromatic carbocycles. The maximum absolute atomic E-state index is 6.12. The topological polar surface area (TPSA) is 76.3 Å². The van der Waals surface area contributed by atoms with Crippen molar-refractivity contribution in [1.29, 1.82) is 0 Å². The van der Waals surface area contributed by atoms with Crippen LogP contribution in [0, 0.1) is 5.92 Å². The predicted molar refractivity (Wildman–Crippen MR) is 71.7 cm³/mol. The van der Waals surface area contributed by atoms with E-state index in [1.54, 1.807) is 13.3 Å². The van der Waals surface area contributed by atoms with Crippen LogP contribution in [0.5, 0.6) is 0 Å². The first kappa shape index (κ1) is 13.3. The number of hydrazine groups is 1. The van der Waals surface area contributed by atoms with Gasteiger partial charge in [0.25, 0.3) is 0 Å². The van der Waals surface area contributed by atoms with Gasteiger partial charge in [0.05, 0.1) is 6.20 Å². The molecule has 0 saturated carbocycles. The van der Waals surface area contributed by atoms with Gasteiger partial charge in [0, 0.05) is 26.8 Å². The first-order valence-electron chi connectivity index (χ1n) is 5.97. The molecular weight excluding hydrogens is 254 g/mol. The van der Waals surface area contributed by atoms with E-state index >= 15 is 0 Å². The third-order valence-corrected chi connectivity index (χ3v) is 3.44. The van der Waals surface area contributed by atoms with Gasteiger partial charge in [-0.15, -0.1) is 0 Å². The largest absolute Gasteiger partial charge is 0.384 e. The molecule has 7 heteroatoms. The van der Waals surface area contributed by atoms with Gasteiger partial charge in [-0.05, 0) is 18.8 Å². The lowest BCUT2D eigenvalue weighted by atomic mass is 9.98. The second kappa shape index (κ2) is 6.17. The van der Waals surface area contributed by atoms with Crippen LogP contribution >= 0.6 is 11.6 Å². The van der Waals surface area contributed by atoms with Crippen molar-refractivity contribution in [3.8, 4) is 0 Å². The molecule has 0 spiro atoms. The fourth-order valence-electron chi connectivity index (χ4n) is 2.20. The summed E-state index contributed by atoms with van der Waals surface area (Å²) >= 11 is 6.12. The zero-order valence-electron chi connectivity index (χ0n) is 10.4. The Morgan fingerprint density at radius 1 is 1.56 bits per heavy atom. The number of methoxy groups -OCH3 is 1. The fourth-order valence-corrected chi connectivity index (χ4v) is 2.41. The van der Waals surface area contributed by atoms with Crippen molar-refractivity contribution >= 4 is 23.4 Å². The number of halogens is 1. The molecule has 100 valence electrons. The Hall–Kier alpha value is -1.11. The molecule has 1 fully saturated rings. The van der Waals surface area contributed by atoms with Crippen LogP contribution in [0.3, 0.4) is 0 Å². The number of piperidine rings is 1. The summed E-state index contributed by atoms with van der Waals surface area (Å²) in [6, 6.07) is 0. The number of aromatic nitrogens is 2. The van der Waals surface area contributed by atoms with E-state index in [1.807, 2.05) is 0 Å². The van der Waals surface area contributed by atoms with Gasteiger partial charge in [0.1, 0.15) is 5.02 Å². The zero-order valence-corrected chi connectivity index (χ0v) is 11.2. The molecular formula is C11H18ClN5O. The molecule has 3 N–H and O–H groups in total. The van der Waals surface area contributed by atoms with Crippen LogP contribution in [0.25, 0.3) is 0 Å². The van der Waals surface area contributed by atoms with E-state index in [1.165, 1.54) is 0 Å². The molecule has 0 aliphatic carbocycles. The Balaban J connectivity index is 2.04. The molecule has 0 unspecified atom stereocenters. The van der Waals surface area contributed by atoms with E-state index in [0.717, 1.165) is 38.4 Å². The lowest BCUT2D eigenvalue weighted by Crippen LogP contribution is -2.36. The SMILES string of the molecule is COCC1CCN(c2nc(NN)ncc2Cl)CC1. The number of nitrogen functional groups attached to an aromatic ring is 1. The lowest BCUT2D eigenvalue weighted by molar-refractivity contribution is 0.139. The molecule has 0 amide bonds. The minimum absolute atomic E-state index is 0.383. The summed E-state index contributed by atoms with van der Waals surface area (Å²) in [5.74, 6) is 7.06. The second-order valence-electron chi connectivity index (χ2n) is 4.40. The van der Waals surface area contributed by atoms with Crippen LogP contribution in [0.2, 0.25) is 5.02 Å². The second-order valence-corrected chi connectivity index (χ2v) is 4.80. The minimum Gasteiger partial charge on any atom is -0.384 e. The van der Waals surface area contributed by atoms with Crippen LogP contribution in [0.4, 0.5) is 11.8 Å². The van der Waals surface area contributed by atoms with Crippen LogP contribution in [-0.2, 0) is 4.74 Å². The van der Waals surface area contributed by atoms with E-state index < -0.39 is 0 Å². The van der Waals surface area contributed by atoms with Crippen LogP contribution in [0.1, 0.15) is 12.8 Å². The quantitative estimate of drug-likeness (QED) is 0.635. The van der Waals surface area contributed by atoms with Crippen LogP contribution < -0.4 is 16.2 Å². The van der Waals surface area contributed by atoms with Gasteiger partial charge < -0.3 is 9.64 Å². The molecule has 0 radical (unpaired) electrons. The van der Waals surface area contributed by atoms with Gasteiger partial charge in [0.2, 0.25) is 5.95 Å². The zero-order chi connectivity index (χ0) is 13.0. The van der Waals surface area contributed by atoms with E-state index in [9.17, 15) is 0 Å². The number of anilines is 2. The number of nitrogens with zero attached hydrogens (tertiary/aromatic N) is 3. The van der Waals surface area contributed by atoms with E-state index in [-0.39, 0.29) is 0 Å². The fraction of sp³-hybridized carbons (Fsp3) is 0.636. The van der Waals surface area contributed by atoms with Crippen molar-refractivity contribution in [1.82, 2.24) is 9.97 Å². The number of rotatable bonds is 4. The van der Waals surface area contributed by atoms with Crippen molar-refractivity contribution in [2.45, 2.75) is 12.8 Å². The van der Waals surface area contributed by atoms with E-state index in [0.29, 0.717) is 16.9 Å². The summed E-state index contributed by atoms with van der Waals surface area (Å²) in [6.45, 7) is 2.67. The van der Waals surface area contributed by atoms with Crippen LogP contribution in [0.15, 0.2) is 6.20 Å². The Kier molecular flexibility index (Phi) is 4.57. The number of nitrogens with one attached hydrogen (secondary N) is 1. The van der Waals surface area contributed by atoms with Gasteiger partial charge in [-0.2, -0.15) is 4.98 Å². The van der Waals surface area contributed by atoms with Crippen molar-refractivity contribution in [2.24, 2.45) is 11.8 Å². The van der Waals surface area contributed by atoms with Gasteiger partial charge in [-0.3, -0.25) is 5.43 Å². The molecule has 2 rings (SSSR count). The Bertz CT molecular complexity index is 395. The Morgan fingerprint density at radius 3 is 2.89 bits per heavy atom. The van der Waals surface area contributed by atoms with Gasteiger partial charge >= 0.3 is 0 Å². The number of ether oxygens (including phenoxy) is 1. The predicted octanol–water partition coefficient (Wildman–Crippen LogP) is 1.28. The number of hydrogen-bond donors (Lipinski definition) is 2. The number of nitrogens with two attached hydrogens (primary N) is 1. The highest BCUT2D eigenvalue weighted by molar-refractivity contribution is 6.32. The van der Waals surface area contributed by atoms with E-state index in [2.05, 4.69) is 20.3 Å². The Labute approximate surface area is 111 Å². The summed E-state index contributed by atoms with van der Waals surface area (Å²) in [5.41, 5.74) is 2.44. The maximum atomic E-state index is 6.12. The summed E-state index contributed by atoms with van der Waals surface area (Å²) in [7, 11) is 1.74. The average Bonchev–Trinajstić information content (AvgIpc) is 2.41. The highest BCUT2D eigenvalue weighted by atomic mass is 35.5. The van der Waals surface area contributed by atoms with Gasteiger partial charge in [0.15, 0.2) is 5.82 Å². The van der Waals surface area contributed by atoms with Crippen molar-refractivity contribution < 1.29 is 4.74 Å². The third kappa shape index (κ3) is 3.01. The maximum Gasteiger partial charge on any atom is 0.239 e. The molecule has 1 aromatic rings. The lowest BCUT2D eigenvalue weighted by Gasteiger charge is -2.32. The number of hydrogen-bond acceptors (Lipinski definition) is 6. The first-order valence-corrected chi connectivity index (χ1v) is 6.35. The van der Waals surface area contributed by atoms with Crippen molar-refractivity contribution in [3.63, 3.8) is 0 Å². The Morgan fingerprint density at radius 2 is 2.28 bits per heavy atom. The summed E-state index contributed by atoms with van der Waals surface area (Å²) in [4.78, 5) is 10.4. The first-order chi connectivity index (χ1) is 8.74. The molecule has 1 aliphatic heterocycles. The molecule has 18 heavy (non-hydrogen) atoms. The molecule has 2 heterocycles. The minimum atomic E-state index is 0.383. The monoisotopic (exact) mass is 271 g/mol.